The van der Waals surface area contributed by atoms with Gasteiger partial charge in [0.05, 0.1) is 11.6 Å². The van der Waals surface area contributed by atoms with Crippen LogP contribution in [0.2, 0.25) is 0 Å². The lowest BCUT2D eigenvalue weighted by atomic mass is 10.1. The fourth-order valence-electron chi connectivity index (χ4n) is 2.67. The van der Waals surface area contributed by atoms with E-state index in [0.29, 0.717) is 12.1 Å². The maximum Gasteiger partial charge on any atom is 0.255 e. The molecule has 1 saturated heterocycles. The molecule has 2 aromatic heterocycles. The maximum atomic E-state index is 12.4. The lowest BCUT2D eigenvalue weighted by Crippen LogP contribution is -2.49. The van der Waals surface area contributed by atoms with E-state index in [1.165, 1.54) is 0 Å². The number of aryl methyl sites for hydroxylation is 1. The van der Waals surface area contributed by atoms with E-state index in [1.807, 2.05) is 28.8 Å². The monoisotopic (exact) mass is 273 g/mol. The fraction of sp³-hybridized carbons (Fsp3) is 0.429. The second-order valence-corrected chi connectivity index (χ2v) is 5.24. The number of H-pyrrole nitrogens is 1. The number of nitrogens with zero attached hydrogens (tertiary/aromatic N) is 4. The summed E-state index contributed by atoms with van der Waals surface area (Å²) < 4.78 is 2.02. The van der Waals surface area contributed by atoms with E-state index >= 15 is 0 Å². The maximum absolute atomic E-state index is 12.4. The molecule has 1 aliphatic heterocycles. The van der Waals surface area contributed by atoms with Crippen LogP contribution in [0.1, 0.15) is 22.2 Å². The van der Waals surface area contributed by atoms with Gasteiger partial charge in [-0.05, 0) is 13.1 Å². The van der Waals surface area contributed by atoms with Gasteiger partial charge < -0.3 is 14.5 Å². The van der Waals surface area contributed by atoms with Crippen LogP contribution < -0.4 is 0 Å². The number of hydrogen-bond acceptors (Lipinski definition) is 3. The molecule has 3 heterocycles. The van der Waals surface area contributed by atoms with Crippen LogP contribution in [0.5, 0.6) is 0 Å². The molecular formula is C14H19N5O. The number of aromatic nitrogens is 3. The Hall–Kier alpha value is -2.08. The predicted octanol–water partition coefficient (Wildman–Crippen LogP) is 0.877. The van der Waals surface area contributed by atoms with Crippen molar-refractivity contribution in [1.29, 1.82) is 0 Å². The smallest absolute Gasteiger partial charge is 0.255 e. The largest absolute Gasteiger partial charge is 0.367 e. The topological polar surface area (TPSA) is 57.2 Å². The Balaban J connectivity index is 1.80. The highest BCUT2D eigenvalue weighted by molar-refractivity contribution is 5.94. The summed E-state index contributed by atoms with van der Waals surface area (Å²) in [6.45, 7) is 2.28. The molecule has 1 unspecified atom stereocenters. The highest BCUT2D eigenvalue weighted by Crippen LogP contribution is 2.23. The van der Waals surface area contributed by atoms with Crippen molar-refractivity contribution in [2.24, 2.45) is 7.05 Å². The van der Waals surface area contributed by atoms with Crippen molar-refractivity contribution in [2.75, 3.05) is 26.7 Å². The van der Waals surface area contributed by atoms with E-state index < -0.39 is 0 Å². The minimum absolute atomic E-state index is 0.0820. The van der Waals surface area contributed by atoms with Gasteiger partial charge in [-0.1, -0.05) is 0 Å². The number of carbonyl (C=O) groups is 1. The first-order chi connectivity index (χ1) is 9.66. The summed E-state index contributed by atoms with van der Waals surface area (Å²) >= 11 is 0. The van der Waals surface area contributed by atoms with Crippen LogP contribution in [0, 0.1) is 0 Å². The summed E-state index contributed by atoms with van der Waals surface area (Å²) in [4.78, 5) is 23.9. The number of likely N-dealkylation sites (N-methyl/N-ethyl adjacent to an activating group) is 1. The number of amides is 1. The molecule has 0 spiro atoms. The second-order valence-electron chi connectivity index (χ2n) is 5.24. The molecule has 1 fully saturated rings. The minimum Gasteiger partial charge on any atom is -0.367 e. The third kappa shape index (κ3) is 2.22. The summed E-state index contributed by atoms with van der Waals surface area (Å²) in [6, 6.07) is 1.96. The zero-order valence-electron chi connectivity index (χ0n) is 11.8. The lowest BCUT2D eigenvalue weighted by molar-refractivity contribution is 0.0529. The quantitative estimate of drug-likeness (QED) is 0.883. The summed E-state index contributed by atoms with van der Waals surface area (Å²) in [5.74, 6) is 1.08. The van der Waals surface area contributed by atoms with Gasteiger partial charge in [-0.2, -0.15) is 0 Å². The van der Waals surface area contributed by atoms with E-state index in [2.05, 4.69) is 21.9 Å². The van der Waals surface area contributed by atoms with E-state index in [9.17, 15) is 4.79 Å². The van der Waals surface area contributed by atoms with E-state index in [-0.39, 0.29) is 11.9 Å². The Morgan fingerprint density at radius 3 is 2.90 bits per heavy atom. The first-order valence-electron chi connectivity index (χ1n) is 6.76. The van der Waals surface area contributed by atoms with Crippen LogP contribution in [0.25, 0.3) is 0 Å². The minimum atomic E-state index is 0.0820. The lowest BCUT2D eigenvalue weighted by Gasteiger charge is -2.38. The molecule has 1 N–H and O–H groups in total. The predicted molar refractivity (Wildman–Crippen MR) is 75.3 cm³/mol. The molecule has 0 radical (unpaired) electrons. The first kappa shape index (κ1) is 12.9. The molecule has 0 bridgehead atoms. The zero-order valence-corrected chi connectivity index (χ0v) is 11.8. The molecule has 6 heteroatoms. The molecule has 1 atom stereocenters. The molecule has 1 aliphatic rings. The number of piperazine rings is 1. The highest BCUT2D eigenvalue weighted by Gasteiger charge is 2.31. The molecule has 0 aromatic carbocycles. The molecular weight excluding hydrogens is 254 g/mol. The van der Waals surface area contributed by atoms with E-state index in [0.717, 1.165) is 18.9 Å². The standard InChI is InChI=1S/C14H19N5O/c1-17-7-8-19(14(20)11-3-4-15-9-11)10-12(17)13-16-5-6-18(13)2/h3-6,9,12,15H,7-8,10H2,1-2H3. The zero-order chi connectivity index (χ0) is 14.1. The van der Waals surface area contributed by atoms with Crippen molar-refractivity contribution in [2.45, 2.75) is 6.04 Å². The Morgan fingerprint density at radius 1 is 1.40 bits per heavy atom. The van der Waals surface area contributed by atoms with Crippen molar-refractivity contribution in [1.82, 2.24) is 24.3 Å². The summed E-state index contributed by atoms with van der Waals surface area (Å²) in [7, 11) is 4.07. The average Bonchev–Trinajstić information content (AvgIpc) is 3.10. The van der Waals surface area contributed by atoms with Crippen LogP contribution in [0.15, 0.2) is 30.9 Å². The van der Waals surface area contributed by atoms with Crippen molar-refractivity contribution >= 4 is 5.91 Å². The Kier molecular flexibility index (Phi) is 3.31. The van der Waals surface area contributed by atoms with Crippen LogP contribution in [-0.2, 0) is 7.05 Å². The third-order valence-electron chi connectivity index (χ3n) is 3.94. The van der Waals surface area contributed by atoms with Crippen molar-refractivity contribution in [3.8, 4) is 0 Å². The summed E-state index contributed by atoms with van der Waals surface area (Å²) in [5.41, 5.74) is 0.716. The van der Waals surface area contributed by atoms with Gasteiger partial charge in [-0.15, -0.1) is 0 Å². The van der Waals surface area contributed by atoms with Gasteiger partial charge in [0.2, 0.25) is 0 Å². The van der Waals surface area contributed by atoms with Gasteiger partial charge in [0, 0.05) is 51.5 Å². The SMILES string of the molecule is CN1CCN(C(=O)c2cc[nH]c2)CC1c1nccn1C. The van der Waals surface area contributed by atoms with E-state index in [1.54, 1.807) is 18.6 Å². The highest BCUT2D eigenvalue weighted by atomic mass is 16.2. The van der Waals surface area contributed by atoms with E-state index in [4.69, 9.17) is 0 Å². The van der Waals surface area contributed by atoms with Gasteiger partial charge in [0.1, 0.15) is 5.82 Å². The molecule has 6 nitrogen and oxygen atoms in total. The number of rotatable bonds is 2. The van der Waals surface area contributed by atoms with Crippen molar-refractivity contribution in [3.63, 3.8) is 0 Å². The summed E-state index contributed by atoms with van der Waals surface area (Å²) in [5, 5.41) is 0. The molecule has 3 rings (SSSR count). The first-order valence-corrected chi connectivity index (χ1v) is 6.76. The number of hydrogen-bond donors (Lipinski definition) is 1. The Bertz CT molecular complexity index is 588. The second kappa shape index (κ2) is 5.13. The number of aromatic amines is 1. The van der Waals surface area contributed by atoms with Crippen molar-refractivity contribution in [3.05, 3.63) is 42.2 Å². The molecule has 2 aromatic rings. The average molecular weight is 273 g/mol. The van der Waals surface area contributed by atoms with Crippen LogP contribution in [-0.4, -0.2) is 56.9 Å². The van der Waals surface area contributed by atoms with Crippen LogP contribution >= 0.6 is 0 Å². The third-order valence-corrected chi connectivity index (χ3v) is 3.94. The number of carbonyl (C=O) groups excluding carboxylic acids is 1. The molecule has 106 valence electrons. The van der Waals surface area contributed by atoms with Crippen molar-refractivity contribution < 1.29 is 4.79 Å². The van der Waals surface area contributed by atoms with Gasteiger partial charge in [0.25, 0.3) is 5.91 Å². The van der Waals surface area contributed by atoms with Gasteiger partial charge in [0.15, 0.2) is 0 Å². The summed E-state index contributed by atoms with van der Waals surface area (Å²) in [6.07, 6.45) is 7.27. The molecule has 1 amide bonds. The van der Waals surface area contributed by atoms with Gasteiger partial charge in [-0.3, -0.25) is 9.69 Å². The number of imidazole rings is 1. The Morgan fingerprint density at radius 2 is 2.25 bits per heavy atom. The molecule has 0 saturated carbocycles. The molecule has 20 heavy (non-hydrogen) atoms. The van der Waals surface area contributed by atoms with Gasteiger partial charge in [-0.25, -0.2) is 4.98 Å². The normalized spacial score (nSPS) is 20.3. The molecule has 0 aliphatic carbocycles. The number of nitrogens with one attached hydrogen (secondary N) is 1. The Labute approximate surface area is 118 Å². The fourth-order valence-corrected chi connectivity index (χ4v) is 2.67. The van der Waals surface area contributed by atoms with Crippen LogP contribution in [0.4, 0.5) is 0 Å². The van der Waals surface area contributed by atoms with Crippen LogP contribution in [0.3, 0.4) is 0 Å². The van der Waals surface area contributed by atoms with Gasteiger partial charge >= 0.3 is 0 Å².